The number of nitrogens with one attached hydrogen (secondary N) is 2. The molecule has 6 N–H and O–H groups in total. The van der Waals surface area contributed by atoms with Crippen LogP contribution in [-0.4, -0.2) is 66.1 Å². The lowest BCUT2D eigenvalue weighted by Gasteiger charge is -2.44. The van der Waals surface area contributed by atoms with E-state index in [1.807, 2.05) is 0 Å². The average molecular weight is 564 g/mol. The summed E-state index contributed by atoms with van der Waals surface area (Å²) in [4.78, 5) is 26.4. The molecule has 0 bridgehead atoms. The number of carbonyl (C=O) groups excluding carboxylic acids is 1. The van der Waals surface area contributed by atoms with Gasteiger partial charge >= 0.3 is 0 Å². The fourth-order valence-electron chi connectivity index (χ4n) is 3.90. The third kappa shape index (κ3) is 5.76. The molecule has 4 heterocycles. The number of ether oxygens (including phenoxy) is 1. The molecule has 1 fully saturated rings. The van der Waals surface area contributed by atoms with Gasteiger partial charge < -0.3 is 21.1 Å². The highest BCUT2D eigenvalue weighted by Crippen LogP contribution is 2.61. The van der Waals surface area contributed by atoms with Crippen molar-refractivity contribution in [3.63, 3.8) is 0 Å². The summed E-state index contributed by atoms with van der Waals surface area (Å²) in [5.41, 5.74) is 7.66. The second-order valence-electron chi connectivity index (χ2n) is 10.2. The Kier molecular flexibility index (Phi) is 7.98. The molecule has 1 saturated heterocycles. The monoisotopic (exact) mass is 563 g/mol. The Balaban J connectivity index is 0.00000294. The molecular formula is C26H38FN7O4S. The number of carbonyl (C=O) groups is 1. The van der Waals surface area contributed by atoms with Crippen LogP contribution in [0.3, 0.4) is 0 Å². The molecule has 4 rings (SSSR count). The summed E-state index contributed by atoms with van der Waals surface area (Å²) in [5.74, 6) is -0.785. The van der Waals surface area contributed by atoms with Crippen LogP contribution in [0.1, 0.15) is 48.0 Å². The fraction of sp³-hybridized carbons (Fsp3) is 0.385. The SMILES string of the molecule is COc1cc2ncc(/C(N)=C/C(=NC3CNC3)C(=O)N[C@H](C)c3ncccc3F)n2cc1S(O)(O)C(C)(C)C.[HH].[HH]. The lowest BCUT2D eigenvalue weighted by molar-refractivity contribution is -0.115. The number of fused-ring (bicyclic) bond motifs is 1. The summed E-state index contributed by atoms with van der Waals surface area (Å²) in [5, 5.41) is 5.85. The van der Waals surface area contributed by atoms with Crippen molar-refractivity contribution in [1.82, 2.24) is 25.0 Å². The number of hydrogen-bond acceptors (Lipinski definition) is 9. The molecule has 0 aromatic carbocycles. The van der Waals surface area contributed by atoms with Crippen LogP contribution < -0.4 is 21.1 Å². The summed E-state index contributed by atoms with van der Waals surface area (Å²) >= 11 is 0. The van der Waals surface area contributed by atoms with Crippen molar-refractivity contribution < 1.29 is 25.9 Å². The lowest BCUT2D eigenvalue weighted by Crippen LogP contribution is -2.47. The van der Waals surface area contributed by atoms with Crippen LogP contribution in [0, 0.1) is 5.82 Å². The van der Waals surface area contributed by atoms with Crippen LogP contribution in [0.5, 0.6) is 5.75 Å². The molecule has 3 aromatic heterocycles. The van der Waals surface area contributed by atoms with Gasteiger partial charge in [-0.2, -0.15) is 10.6 Å². The number of amides is 1. The molecule has 1 aliphatic heterocycles. The van der Waals surface area contributed by atoms with Crippen molar-refractivity contribution in [2.75, 3.05) is 20.2 Å². The van der Waals surface area contributed by atoms with E-state index in [9.17, 15) is 18.3 Å². The molecule has 214 valence electrons. The van der Waals surface area contributed by atoms with Crippen molar-refractivity contribution in [2.24, 2.45) is 10.7 Å². The Morgan fingerprint density at radius 2 is 2.13 bits per heavy atom. The summed E-state index contributed by atoms with van der Waals surface area (Å²) in [7, 11) is -1.84. The maximum absolute atomic E-state index is 14.2. The number of nitrogens with two attached hydrogens (primary N) is 1. The molecule has 0 unspecified atom stereocenters. The van der Waals surface area contributed by atoms with Crippen molar-refractivity contribution >= 4 is 33.6 Å². The normalized spacial score (nSPS) is 16.6. The maximum atomic E-state index is 14.2. The van der Waals surface area contributed by atoms with Gasteiger partial charge in [0, 0.05) is 34.4 Å². The van der Waals surface area contributed by atoms with Gasteiger partial charge in [-0.1, -0.05) is 0 Å². The predicted octanol–water partition coefficient (Wildman–Crippen LogP) is 3.87. The predicted molar refractivity (Wildman–Crippen MR) is 154 cm³/mol. The summed E-state index contributed by atoms with van der Waals surface area (Å²) in [6.45, 7) is 8.03. The van der Waals surface area contributed by atoms with Gasteiger partial charge in [-0.15, -0.1) is 0 Å². The highest BCUT2D eigenvalue weighted by atomic mass is 32.3. The molecular weight excluding hydrogens is 525 g/mol. The lowest BCUT2D eigenvalue weighted by atomic mass is 10.1. The Morgan fingerprint density at radius 1 is 1.41 bits per heavy atom. The van der Waals surface area contributed by atoms with Crippen LogP contribution in [-0.2, 0) is 4.79 Å². The van der Waals surface area contributed by atoms with E-state index < -0.39 is 33.1 Å². The van der Waals surface area contributed by atoms with Gasteiger partial charge in [0.1, 0.15) is 27.8 Å². The standard InChI is InChI=1S/C26H34FN7O4S.2H2/c1-15(24-17(27)7-6-8-30-24)32-25(35)19(33-16-11-29-12-16)9-18(28)20-13-31-23-10-21(38-5)22(14-34(20)23)39(36,37)26(2,3)4;;/h6-10,13-16,29,36-37H,11-12,28H2,1-5H3,(H,32,35);2*1H/b18-9-,33-19?;;/t15-;;/m1../s1. The molecule has 3 aromatic rings. The Hall–Kier alpha value is -3.52. The van der Waals surface area contributed by atoms with Crippen molar-refractivity contribution in [2.45, 2.75) is 49.4 Å². The number of halogens is 1. The molecule has 0 spiro atoms. The summed E-state index contributed by atoms with van der Waals surface area (Å²) < 4.78 is 42.6. The highest BCUT2D eigenvalue weighted by molar-refractivity contribution is 8.25. The zero-order valence-electron chi connectivity index (χ0n) is 22.5. The van der Waals surface area contributed by atoms with Gasteiger partial charge in [0.2, 0.25) is 0 Å². The van der Waals surface area contributed by atoms with Crippen LogP contribution in [0.2, 0.25) is 0 Å². The number of nitrogens with zero attached hydrogens (tertiary/aromatic N) is 4. The summed E-state index contributed by atoms with van der Waals surface area (Å²) in [6, 6.07) is 3.52. The Bertz CT molecular complexity index is 1460. The van der Waals surface area contributed by atoms with E-state index >= 15 is 0 Å². The molecule has 0 radical (unpaired) electrons. The molecule has 0 saturated carbocycles. The van der Waals surface area contributed by atoms with Crippen LogP contribution in [0.25, 0.3) is 11.3 Å². The van der Waals surface area contributed by atoms with E-state index in [1.165, 1.54) is 43.9 Å². The van der Waals surface area contributed by atoms with Crippen LogP contribution in [0.4, 0.5) is 4.39 Å². The number of aromatic nitrogens is 3. The minimum atomic E-state index is -3.29. The molecule has 0 aliphatic carbocycles. The van der Waals surface area contributed by atoms with E-state index in [2.05, 4.69) is 25.6 Å². The number of hydrogen-bond donors (Lipinski definition) is 5. The van der Waals surface area contributed by atoms with Crippen molar-refractivity contribution in [3.8, 4) is 5.75 Å². The van der Waals surface area contributed by atoms with Gasteiger partial charge in [0.25, 0.3) is 5.91 Å². The van der Waals surface area contributed by atoms with Crippen LogP contribution in [0.15, 0.2) is 52.8 Å². The van der Waals surface area contributed by atoms with Gasteiger partial charge in [-0.3, -0.25) is 28.3 Å². The van der Waals surface area contributed by atoms with Gasteiger partial charge in [0.15, 0.2) is 0 Å². The first-order valence-electron chi connectivity index (χ1n) is 12.3. The van der Waals surface area contributed by atoms with E-state index in [4.69, 9.17) is 10.5 Å². The molecule has 1 amide bonds. The van der Waals surface area contributed by atoms with Crippen molar-refractivity contribution in [1.29, 1.82) is 0 Å². The van der Waals surface area contributed by atoms with Crippen LogP contribution >= 0.6 is 10.6 Å². The smallest absolute Gasteiger partial charge is 0.270 e. The quantitative estimate of drug-likeness (QED) is 0.258. The first-order chi connectivity index (χ1) is 18.3. The fourth-order valence-corrected chi connectivity index (χ4v) is 5.24. The molecule has 13 heteroatoms. The second kappa shape index (κ2) is 10.9. The van der Waals surface area contributed by atoms with E-state index in [0.717, 1.165) is 0 Å². The number of pyridine rings is 2. The number of aliphatic imine (C=N–C) groups is 1. The molecule has 11 nitrogen and oxygen atoms in total. The number of rotatable bonds is 8. The van der Waals surface area contributed by atoms with Crippen molar-refractivity contribution in [3.05, 3.63) is 60.1 Å². The van der Waals surface area contributed by atoms with E-state index in [1.54, 1.807) is 38.2 Å². The maximum Gasteiger partial charge on any atom is 0.270 e. The zero-order chi connectivity index (χ0) is 28.5. The van der Waals surface area contributed by atoms with Gasteiger partial charge in [-0.05, 0) is 45.9 Å². The molecule has 39 heavy (non-hydrogen) atoms. The zero-order valence-corrected chi connectivity index (χ0v) is 23.3. The van der Waals surface area contributed by atoms with Gasteiger partial charge in [-0.25, -0.2) is 9.37 Å². The molecule has 1 atom stereocenters. The van der Waals surface area contributed by atoms with E-state index in [0.29, 0.717) is 24.4 Å². The average Bonchev–Trinajstić information content (AvgIpc) is 3.27. The largest absolute Gasteiger partial charge is 0.495 e. The first kappa shape index (κ1) is 28.5. The topological polar surface area (TPSA) is 159 Å². The second-order valence-corrected chi connectivity index (χ2v) is 13.0. The number of methoxy groups -OCH3 is 1. The minimum Gasteiger partial charge on any atom is -0.495 e. The summed E-state index contributed by atoms with van der Waals surface area (Å²) in [6.07, 6.45) is 5.94. The number of imidazole rings is 1. The minimum absolute atomic E-state index is 0. The van der Waals surface area contributed by atoms with E-state index in [-0.39, 0.29) is 36.6 Å². The molecule has 1 aliphatic rings. The Labute approximate surface area is 230 Å². The third-order valence-corrected chi connectivity index (χ3v) is 9.03. The highest BCUT2D eigenvalue weighted by Gasteiger charge is 2.34. The first-order valence-corrected chi connectivity index (χ1v) is 13.9. The third-order valence-electron chi connectivity index (χ3n) is 6.40. The van der Waals surface area contributed by atoms with Gasteiger partial charge in [0.05, 0.1) is 47.2 Å². The Morgan fingerprint density at radius 3 is 2.72 bits per heavy atom.